The van der Waals surface area contributed by atoms with Gasteiger partial charge in [0.05, 0.1) is 18.0 Å². The van der Waals surface area contributed by atoms with Crippen molar-refractivity contribution < 1.29 is 13.9 Å². The minimum absolute atomic E-state index is 0.201. The SMILES string of the molecule is CCOC(=O)CCCC1(Cc2ccnc(F)c2)c2cccnc2-c2ncccc21. The van der Waals surface area contributed by atoms with Crippen LogP contribution in [0.3, 0.4) is 0 Å². The van der Waals surface area contributed by atoms with Crippen molar-refractivity contribution in [3.63, 3.8) is 0 Å². The second-order valence-electron chi connectivity index (χ2n) is 7.20. The summed E-state index contributed by atoms with van der Waals surface area (Å²) in [7, 11) is 0. The maximum Gasteiger partial charge on any atom is 0.305 e. The van der Waals surface area contributed by atoms with Crippen LogP contribution in [0.1, 0.15) is 42.9 Å². The van der Waals surface area contributed by atoms with Crippen LogP contribution in [0.2, 0.25) is 0 Å². The van der Waals surface area contributed by atoms with Gasteiger partial charge in [-0.2, -0.15) is 4.39 Å². The first kappa shape index (κ1) is 19.2. The van der Waals surface area contributed by atoms with E-state index in [0.717, 1.165) is 28.1 Å². The highest BCUT2D eigenvalue weighted by Gasteiger charge is 2.44. The van der Waals surface area contributed by atoms with Crippen LogP contribution in [0.25, 0.3) is 11.4 Å². The number of esters is 1. The summed E-state index contributed by atoms with van der Waals surface area (Å²) in [6, 6.07) is 11.3. The van der Waals surface area contributed by atoms with Gasteiger partial charge in [0.2, 0.25) is 5.95 Å². The lowest BCUT2D eigenvalue weighted by atomic mass is 9.71. The van der Waals surface area contributed by atoms with Crippen molar-refractivity contribution in [1.82, 2.24) is 15.0 Å². The van der Waals surface area contributed by atoms with E-state index >= 15 is 0 Å². The number of halogens is 1. The Morgan fingerprint density at radius 3 is 2.34 bits per heavy atom. The Balaban J connectivity index is 1.77. The van der Waals surface area contributed by atoms with Crippen LogP contribution in [0.15, 0.2) is 55.0 Å². The fraction of sp³-hybridized carbons (Fsp3) is 0.304. The van der Waals surface area contributed by atoms with Crippen molar-refractivity contribution in [1.29, 1.82) is 0 Å². The molecular weight excluding hydrogens is 369 g/mol. The molecule has 1 aliphatic rings. The first-order chi connectivity index (χ1) is 14.1. The molecule has 29 heavy (non-hydrogen) atoms. The molecule has 3 heterocycles. The normalized spacial score (nSPS) is 13.6. The Bertz CT molecular complexity index is 992. The Labute approximate surface area is 169 Å². The van der Waals surface area contributed by atoms with Crippen LogP contribution in [-0.4, -0.2) is 27.5 Å². The van der Waals surface area contributed by atoms with Gasteiger partial charge in [-0.05, 0) is 67.1 Å². The average molecular weight is 391 g/mol. The number of hydrogen-bond donors (Lipinski definition) is 0. The molecule has 0 aliphatic heterocycles. The van der Waals surface area contributed by atoms with E-state index in [0.29, 0.717) is 32.3 Å². The molecule has 3 aromatic heterocycles. The number of rotatable bonds is 7. The molecule has 0 unspecified atom stereocenters. The van der Waals surface area contributed by atoms with Crippen molar-refractivity contribution in [3.8, 4) is 11.4 Å². The number of pyridine rings is 3. The molecule has 6 heteroatoms. The Morgan fingerprint density at radius 2 is 1.72 bits per heavy atom. The van der Waals surface area contributed by atoms with Gasteiger partial charge in [0.15, 0.2) is 0 Å². The van der Waals surface area contributed by atoms with Crippen LogP contribution in [-0.2, 0) is 21.4 Å². The highest BCUT2D eigenvalue weighted by atomic mass is 19.1. The molecule has 1 aliphatic carbocycles. The minimum Gasteiger partial charge on any atom is -0.466 e. The Morgan fingerprint density at radius 1 is 1.03 bits per heavy atom. The molecular formula is C23H22FN3O2. The lowest BCUT2D eigenvalue weighted by Crippen LogP contribution is -2.29. The van der Waals surface area contributed by atoms with E-state index in [-0.39, 0.29) is 5.97 Å². The second-order valence-corrected chi connectivity index (χ2v) is 7.20. The zero-order valence-electron chi connectivity index (χ0n) is 16.3. The molecule has 4 rings (SSSR count). The largest absolute Gasteiger partial charge is 0.466 e. The molecule has 0 amide bonds. The number of hydrogen-bond acceptors (Lipinski definition) is 5. The maximum atomic E-state index is 13.8. The van der Waals surface area contributed by atoms with Gasteiger partial charge in [0, 0.05) is 30.4 Å². The molecule has 0 aromatic carbocycles. The summed E-state index contributed by atoms with van der Waals surface area (Å²) in [5.41, 5.74) is 4.25. The van der Waals surface area contributed by atoms with Gasteiger partial charge >= 0.3 is 5.97 Å². The molecule has 0 fully saturated rings. The summed E-state index contributed by atoms with van der Waals surface area (Å²) in [5.74, 6) is -0.701. The zero-order valence-corrected chi connectivity index (χ0v) is 16.3. The molecule has 0 bridgehead atoms. The minimum atomic E-state index is -0.500. The average Bonchev–Trinajstić information content (AvgIpc) is 2.99. The van der Waals surface area contributed by atoms with Crippen molar-refractivity contribution in [2.24, 2.45) is 0 Å². The third kappa shape index (κ3) is 3.62. The second kappa shape index (κ2) is 8.07. The predicted molar refractivity (Wildman–Crippen MR) is 107 cm³/mol. The number of carbonyl (C=O) groups is 1. The van der Waals surface area contributed by atoms with Crippen LogP contribution < -0.4 is 0 Å². The fourth-order valence-corrected chi connectivity index (χ4v) is 4.32. The molecule has 0 atom stereocenters. The smallest absolute Gasteiger partial charge is 0.305 e. The first-order valence-electron chi connectivity index (χ1n) is 9.81. The summed E-state index contributed by atoms with van der Waals surface area (Å²) >= 11 is 0. The van der Waals surface area contributed by atoms with Gasteiger partial charge in [-0.3, -0.25) is 14.8 Å². The topological polar surface area (TPSA) is 65.0 Å². The number of fused-ring (bicyclic) bond motifs is 3. The van der Waals surface area contributed by atoms with E-state index in [1.807, 2.05) is 18.2 Å². The van der Waals surface area contributed by atoms with E-state index in [2.05, 4.69) is 27.1 Å². The van der Waals surface area contributed by atoms with Crippen molar-refractivity contribution in [2.45, 2.75) is 38.0 Å². The van der Waals surface area contributed by atoms with E-state index in [1.54, 1.807) is 19.3 Å². The lowest BCUT2D eigenvalue weighted by molar-refractivity contribution is -0.143. The highest BCUT2D eigenvalue weighted by Crippen LogP contribution is 2.51. The van der Waals surface area contributed by atoms with Gasteiger partial charge in [0.1, 0.15) is 0 Å². The van der Waals surface area contributed by atoms with Gasteiger partial charge in [-0.25, -0.2) is 4.98 Å². The van der Waals surface area contributed by atoms with Gasteiger partial charge in [0.25, 0.3) is 0 Å². The van der Waals surface area contributed by atoms with Crippen LogP contribution in [0.5, 0.6) is 0 Å². The fourth-order valence-electron chi connectivity index (χ4n) is 4.32. The Kier molecular flexibility index (Phi) is 5.34. The van der Waals surface area contributed by atoms with E-state index in [1.165, 1.54) is 12.3 Å². The summed E-state index contributed by atoms with van der Waals surface area (Å²) in [4.78, 5) is 24.8. The van der Waals surface area contributed by atoms with E-state index in [4.69, 9.17) is 4.74 Å². The Hall–Kier alpha value is -3.15. The van der Waals surface area contributed by atoms with Gasteiger partial charge in [-0.15, -0.1) is 0 Å². The molecule has 3 aromatic rings. The molecule has 0 spiro atoms. The summed E-state index contributed by atoms with van der Waals surface area (Å²) < 4.78 is 18.9. The molecule has 0 saturated carbocycles. The summed E-state index contributed by atoms with van der Waals surface area (Å²) in [5, 5.41) is 0. The first-order valence-corrected chi connectivity index (χ1v) is 9.81. The van der Waals surface area contributed by atoms with Gasteiger partial charge < -0.3 is 4.74 Å². The van der Waals surface area contributed by atoms with Crippen LogP contribution in [0.4, 0.5) is 4.39 Å². The molecule has 5 nitrogen and oxygen atoms in total. The molecule has 148 valence electrons. The lowest BCUT2D eigenvalue weighted by Gasteiger charge is -2.32. The third-order valence-corrected chi connectivity index (χ3v) is 5.46. The monoisotopic (exact) mass is 391 g/mol. The third-order valence-electron chi connectivity index (χ3n) is 5.46. The van der Waals surface area contributed by atoms with Crippen LogP contribution in [0, 0.1) is 5.95 Å². The maximum absolute atomic E-state index is 13.8. The summed E-state index contributed by atoms with van der Waals surface area (Å²) in [6.07, 6.45) is 7.27. The van der Waals surface area contributed by atoms with Crippen molar-refractivity contribution >= 4 is 5.97 Å². The predicted octanol–water partition coefficient (Wildman–Crippen LogP) is 4.25. The van der Waals surface area contributed by atoms with Crippen LogP contribution >= 0.6 is 0 Å². The number of nitrogens with zero attached hydrogens (tertiary/aromatic N) is 3. The molecule has 0 saturated heterocycles. The molecule has 0 N–H and O–H groups in total. The van der Waals surface area contributed by atoms with Crippen molar-refractivity contribution in [3.05, 3.63) is 77.6 Å². The standard InChI is InChI=1S/C23H22FN3O2/c1-2-29-20(28)8-3-10-23(15-16-9-13-25-19(24)14-16)17-6-4-11-26-21(17)22-18(23)7-5-12-27-22/h4-7,9,11-14H,2-3,8,10,15H2,1H3. The number of ether oxygens (including phenoxy) is 1. The van der Waals surface area contributed by atoms with Crippen molar-refractivity contribution in [2.75, 3.05) is 6.61 Å². The zero-order chi connectivity index (χ0) is 20.3. The molecule has 0 radical (unpaired) electrons. The number of aromatic nitrogens is 3. The van der Waals surface area contributed by atoms with Gasteiger partial charge in [-0.1, -0.05) is 12.1 Å². The highest BCUT2D eigenvalue weighted by molar-refractivity contribution is 5.75. The summed E-state index contributed by atoms with van der Waals surface area (Å²) in [6.45, 7) is 2.18. The quantitative estimate of drug-likeness (QED) is 0.445. The van der Waals surface area contributed by atoms with E-state index < -0.39 is 11.4 Å². The number of carbonyl (C=O) groups excluding carboxylic acids is 1. The van der Waals surface area contributed by atoms with E-state index in [9.17, 15) is 9.18 Å².